The number of allylic oxidation sites excluding steroid dienone is 3. The van der Waals surface area contributed by atoms with Gasteiger partial charge in [-0.25, -0.2) is 0 Å². The molecule has 0 fully saturated rings. The van der Waals surface area contributed by atoms with E-state index in [0.29, 0.717) is 0 Å². The summed E-state index contributed by atoms with van der Waals surface area (Å²) in [6.45, 7) is 32.6. The smallest absolute Gasteiger partial charge is 0.0651 e. The maximum absolute atomic E-state index is 4.52. The summed E-state index contributed by atoms with van der Waals surface area (Å²) in [4.78, 5) is 0. The maximum atomic E-state index is 4.52. The minimum Gasteiger partial charge on any atom is -0.390 e. The lowest BCUT2D eigenvalue weighted by Crippen LogP contribution is -2.42. The molecule has 5 N–H and O–H groups in total. The fourth-order valence-corrected chi connectivity index (χ4v) is 5.21. The predicted octanol–water partition coefficient (Wildman–Crippen LogP) is 9.59. The van der Waals surface area contributed by atoms with Gasteiger partial charge in [0.25, 0.3) is 0 Å². The molecule has 0 radical (unpaired) electrons. The van der Waals surface area contributed by atoms with E-state index in [4.69, 9.17) is 0 Å². The molecule has 0 aliphatic rings. The Morgan fingerprint density at radius 3 is 1.42 bits per heavy atom. The Morgan fingerprint density at radius 1 is 0.512 bits per heavy atom. The molecule has 2 unspecified atom stereocenters. The van der Waals surface area contributed by atoms with Gasteiger partial charge in [-0.1, -0.05) is 99.1 Å². The highest BCUT2D eigenvalue weighted by Crippen LogP contribution is 2.17. The molecular weight excluding hydrogens is 526 g/mol. The SMILES string of the molecule is C=C(CCCCC)NCCCCC(NC(=C)CCCCC(C)C)C(=C)NC(CCCCNC(=C)CCCCC)C(=C)NC. The van der Waals surface area contributed by atoms with Crippen molar-refractivity contribution in [2.24, 2.45) is 5.92 Å². The summed E-state index contributed by atoms with van der Waals surface area (Å²) < 4.78 is 0. The van der Waals surface area contributed by atoms with Crippen LogP contribution >= 0.6 is 0 Å². The highest BCUT2D eigenvalue weighted by atomic mass is 15.0. The van der Waals surface area contributed by atoms with E-state index in [2.05, 4.69) is 87.2 Å². The van der Waals surface area contributed by atoms with Gasteiger partial charge in [0.2, 0.25) is 0 Å². The van der Waals surface area contributed by atoms with Crippen LogP contribution in [0.5, 0.6) is 0 Å². The third-order valence-corrected chi connectivity index (χ3v) is 8.16. The highest BCUT2D eigenvalue weighted by Gasteiger charge is 2.18. The van der Waals surface area contributed by atoms with Gasteiger partial charge in [0.1, 0.15) is 0 Å². The molecule has 0 heterocycles. The van der Waals surface area contributed by atoms with Crippen LogP contribution in [0.1, 0.15) is 143 Å². The average Bonchev–Trinajstić information content (AvgIpc) is 2.97. The zero-order chi connectivity index (χ0) is 32.3. The average molecular weight is 600 g/mol. The van der Waals surface area contributed by atoms with Crippen molar-refractivity contribution in [3.63, 3.8) is 0 Å². The van der Waals surface area contributed by atoms with Crippen molar-refractivity contribution in [1.82, 2.24) is 26.6 Å². The predicted molar refractivity (Wildman–Crippen MR) is 194 cm³/mol. The molecule has 0 aromatic carbocycles. The second kappa shape index (κ2) is 27.3. The highest BCUT2D eigenvalue weighted by molar-refractivity contribution is 5.14. The van der Waals surface area contributed by atoms with Crippen LogP contribution in [0, 0.1) is 5.92 Å². The molecule has 0 saturated heterocycles. The lowest BCUT2D eigenvalue weighted by Gasteiger charge is -2.29. The summed E-state index contributed by atoms with van der Waals surface area (Å²) in [5, 5.41) is 17.8. The van der Waals surface area contributed by atoms with Crippen LogP contribution in [0.15, 0.2) is 61.4 Å². The fraction of sp³-hybridized carbons (Fsp3) is 0.737. The van der Waals surface area contributed by atoms with Crippen molar-refractivity contribution < 1.29 is 0 Å². The van der Waals surface area contributed by atoms with Gasteiger partial charge in [-0.05, 0) is 83.0 Å². The standard InChI is InChI=1S/C38H73N5/c1-11-13-15-24-32(5)40-29-21-19-27-37(35(8)39-10)43-36(9)38(42-34(7)26-18-17-23-31(3)4)28-20-22-30-41-33(6)25-16-14-12-2/h31,37-43H,5-9,11-30H2,1-4,10H3. The summed E-state index contributed by atoms with van der Waals surface area (Å²) >= 11 is 0. The maximum Gasteiger partial charge on any atom is 0.0651 e. The summed E-state index contributed by atoms with van der Waals surface area (Å²) in [6.07, 6.45) is 20.8. The van der Waals surface area contributed by atoms with Crippen LogP contribution in [0.25, 0.3) is 0 Å². The van der Waals surface area contributed by atoms with Crippen molar-refractivity contribution in [2.45, 2.75) is 155 Å². The molecule has 0 aromatic heterocycles. The molecule has 43 heavy (non-hydrogen) atoms. The first-order valence-electron chi connectivity index (χ1n) is 17.7. The van der Waals surface area contributed by atoms with Crippen molar-refractivity contribution in [2.75, 3.05) is 20.1 Å². The largest absolute Gasteiger partial charge is 0.390 e. The van der Waals surface area contributed by atoms with Crippen LogP contribution in [0.4, 0.5) is 0 Å². The van der Waals surface area contributed by atoms with Gasteiger partial charge in [-0.2, -0.15) is 0 Å². The molecule has 0 spiro atoms. The fourth-order valence-electron chi connectivity index (χ4n) is 5.21. The van der Waals surface area contributed by atoms with E-state index >= 15 is 0 Å². The first-order valence-corrected chi connectivity index (χ1v) is 17.7. The molecule has 0 aliphatic carbocycles. The minimum absolute atomic E-state index is 0.141. The van der Waals surface area contributed by atoms with Crippen molar-refractivity contribution >= 4 is 0 Å². The Balaban J connectivity index is 4.94. The molecule has 0 amide bonds. The van der Waals surface area contributed by atoms with E-state index in [1.165, 1.54) is 69.2 Å². The summed E-state index contributed by atoms with van der Waals surface area (Å²) in [5.74, 6) is 0.756. The van der Waals surface area contributed by atoms with Gasteiger partial charge in [-0.3, -0.25) is 0 Å². The number of likely N-dealkylation sites (N-methyl/N-ethyl adjacent to an activating group) is 1. The lowest BCUT2D eigenvalue weighted by atomic mass is 10.0. The van der Waals surface area contributed by atoms with E-state index in [0.717, 1.165) is 93.9 Å². The second-order valence-electron chi connectivity index (χ2n) is 12.9. The third kappa shape index (κ3) is 23.8. The van der Waals surface area contributed by atoms with Crippen LogP contribution in [0.3, 0.4) is 0 Å². The number of unbranched alkanes of at least 4 members (excludes halogenated alkanes) is 7. The van der Waals surface area contributed by atoms with E-state index in [1.807, 2.05) is 7.05 Å². The Morgan fingerprint density at radius 2 is 0.953 bits per heavy atom. The molecule has 5 nitrogen and oxygen atoms in total. The van der Waals surface area contributed by atoms with E-state index in [1.54, 1.807) is 0 Å². The molecule has 250 valence electrons. The molecule has 5 heteroatoms. The Bertz CT molecular complexity index is 768. The Hall–Kier alpha value is -2.30. The first-order chi connectivity index (χ1) is 20.6. The first kappa shape index (κ1) is 40.7. The quantitative estimate of drug-likeness (QED) is 0.0499. The van der Waals surface area contributed by atoms with Crippen molar-refractivity contribution in [3.05, 3.63) is 61.4 Å². The van der Waals surface area contributed by atoms with Crippen LogP contribution in [-0.2, 0) is 0 Å². The van der Waals surface area contributed by atoms with Crippen molar-refractivity contribution in [1.29, 1.82) is 0 Å². The Labute approximate surface area is 269 Å². The molecule has 0 aliphatic heterocycles. The number of hydrogen-bond acceptors (Lipinski definition) is 5. The Kier molecular flexibility index (Phi) is 25.8. The van der Waals surface area contributed by atoms with Gasteiger partial charge >= 0.3 is 0 Å². The number of hydrogen-bond donors (Lipinski definition) is 5. The number of nitrogens with one attached hydrogen (secondary N) is 5. The summed E-state index contributed by atoms with van der Waals surface area (Å²) in [6, 6.07) is 0.285. The van der Waals surface area contributed by atoms with Gasteiger partial charge in [-0.15, -0.1) is 0 Å². The van der Waals surface area contributed by atoms with Gasteiger partial charge in [0.05, 0.1) is 12.1 Å². The molecule has 0 bridgehead atoms. The summed E-state index contributed by atoms with van der Waals surface area (Å²) in [5.41, 5.74) is 5.51. The van der Waals surface area contributed by atoms with Crippen LogP contribution < -0.4 is 26.6 Å². The van der Waals surface area contributed by atoms with Crippen LogP contribution in [0.2, 0.25) is 0 Å². The summed E-state index contributed by atoms with van der Waals surface area (Å²) in [7, 11) is 1.96. The molecule has 0 saturated carbocycles. The van der Waals surface area contributed by atoms with Crippen LogP contribution in [-0.4, -0.2) is 32.2 Å². The monoisotopic (exact) mass is 600 g/mol. The van der Waals surface area contributed by atoms with E-state index in [-0.39, 0.29) is 12.1 Å². The minimum atomic E-state index is 0.141. The lowest BCUT2D eigenvalue weighted by molar-refractivity contribution is 0.463. The zero-order valence-corrected chi connectivity index (χ0v) is 29.4. The third-order valence-electron chi connectivity index (χ3n) is 8.16. The zero-order valence-electron chi connectivity index (χ0n) is 29.4. The van der Waals surface area contributed by atoms with Crippen molar-refractivity contribution in [3.8, 4) is 0 Å². The number of rotatable bonds is 32. The molecular formula is C38H73N5. The topological polar surface area (TPSA) is 60.1 Å². The normalized spacial score (nSPS) is 12.3. The molecule has 0 rings (SSSR count). The van der Waals surface area contributed by atoms with E-state index in [9.17, 15) is 0 Å². The second-order valence-corrected chi connectivity index (χ2v) is 12.9. The van der Waals surface area contributed by atoms with E-state index < -0.39 is 0 Å². The van der Waals surface area contributed by atoms with Gasteiger partial charge < -0.3 is 26.6 Å². The molecule has 2 atom stereocenters. The van der Waals surface area contributed by atoms with Gasteiger partial charge in [0, 0.05) is 48.6 Å². The molecule has 0 aromatic rings. The van der Waals surface area contributed by atoms with Gasteiger partial charge in [0.15, 0.2) is 0 Å².